The van der Waals surface area contributed by atoms with Gasteiger partial charge in [0.25, 0.3) is 0 Å². The van der Waals surface area contributed by atoms with Crippen LogP contribution in [-0.4, -0.2) is 41.3 Å². The number of amides is 1. The third-order valence-electron chi connectivity index (χ3n) is 4.12. The number of nitrogens with zero attached hydrogens (tertiary/aromatic N) is 1. The van der Waals surface area contributed by atoms with Crippen molar-refractivity contribution in [3.05, 3.63) is 24.0 Å². The van der Waals surface area contributed by atoms with Crippen LogP contribution in [0.15, 0.2) is 18.3 Å². The van der Waals surface area contributed by atoms with Crippen LogP contribution in [0, 0.1) is 5.92 Å². The van der Waals surface area contributed by atoms with Gasteiger partial charge in [-0.05, 0) is 65.0 Å². The lowest BCUT2D eigenvalue weighted by Gasteiger charge is -2.34. The van der Waals surface area contributed by atoms with Crippen molar-refractivity contribution in [2.75, 3.05) is 19.7 Å². The third kappa shape index (κ3) is 5.90. The van der Waals surface area contributed by atoms with Gasteiger partial charge in [-0.3, -0.25) is 0 Å². The largest absolute Gasteiger partial charge is 0.444 e. The van der Waals surface area contributed by atoms with Gasteiger partial charge in [-0.1, -0.05) is 0 Å². The molecular weight excluding hydrogens is 292 g/mol. The molecular formula is C18H30N2O3. The molecule has 1 aromatic rings. The van der Waals surface area contributed by atoms with E-state index in [9.17, 15) is 4.79 Å². The summed E-state index contributed by atoms with van der Waals surface area (Å²) in [5.74, 6) is 0.493. The van der Waals surface area contributed by atoms with Crippen molar-refractivity contribution in [3.8, 4) is 0 Å². The first-order valence-corrected chi connectivity index (χ1v) is 8.58. The first kappa shape index (κ1) is 17.9. The molecule has 1 N–H and O–H groups in total. The number of carbonyl (C=O) groups excluding carboxylic acids is 1. The normalized spacial score (nSPS) is 20.3. The molecule has 0 bridgehead atoms. The summed E-state index contributed by atoms with van der Waals surface area (Å²) in [5, 5.41) is 0. The molecule has 130 valence electrons. The number of aromatic nitrogens is 1. The van der Waals surface area contributed by atoms with Gasteiger partial charge in [0, 0.05) is 31.6 Å². The molecule has 0 saturated carbocycles. The Hall–Kier alpha value is -1.49. The van der Waals surface area contributed by atoms with Crippen LogP contribution in [0.3, 0.4) is 0 Å². The van der Waals surface area contributed by atoms with Crippen LogP contribution in [0.2, 0.25) is 0 Å². The molecule has 0 unspecified atom stereocenters. The van der Waals surface area contributed by atoms with Gasteiger partial charge in [-0.15, -0.1) is 0 Å². The van der Waals surface area contributed by atoms with Gasteiger partial charge < -0.3 is 19.4 Å². The third-order valence-corrected chi connectivity index (χ3v) is 4.12. The highest BCUT2D eigenvalue weighted by Crippen LogP contribution is 2.23. The predicted molar refractivity (Wildman–Crippen MR) is 90.3 cm³/mol. The van der Waals surface area contributed by atoms with Crippen LogP contribution in [0.25, 0.3) is 0 Å². The van der Waals surface area contributed by atoms with Crippen LogP contribution in [0.4, 0.5) is 4.79 Å². The second kappa shape index (κ2) is 7.86. The van der Waals surface area contributed by atoms with Crippen LogP contribution >= 0.6 is 0 Å². The Kier molecular flexibility index (Phi) is 6.10. The summed E-state index contributed by atoms with van der Waals surface area (Å²) in [7, 11) is 0. The van der Waals surface area contributed by atoms with Crippen LogP contribution < -0.4 is 0 Å². The minimum Gasteiger partial charge on any atom is -0.444 e. The summed E-state index contributed by atoms with van der Waals surface area (Å²) in [6.07, 6.45) is 4.97. The molecule has 0 aliphatic carbocycles. The number of piperidine rings is 1. The molecule has 1 saturated heterocycles. The summed E-state index contributed by atoms with van der Waals surface area (Å²) in [6.45, 7) is 10.1. The molecule has 2 rings (SSSR count). The average Bonchev–Trinajstić information content (AvgIpc) is 3.00. The first-order valence-electron chi connectivity index (χ1n) is 8.58. The number of likely N-dealkylation sites (tertiary alicyclic amines) is 1. The highest BCUT2D eigenvalue weighted by atomic mass is 16.6. The van der Waals surface area contributed by atoms with Crippen molar-refractivity contribution in [1.82, 2.24) is 9.88 Å². The monoisotopic (exact) mass is 322 g/mol. The highest BCUT2D eigenvalue weighted by Gasteiger charge is 2.27. The summed E-state index contributed by atoms with van der Waals surface area (Å²) in [6, 6.07) is 4.02. The highest BCUT2D eigenvalue weighted by molar-refractivity contribution is 5.68. The molecule has 23 heavy (non-hydrogen) atoms. The van der Waals surface area contributed by atoms with Crippen LogP contribution in [-0.2, 0) is 9.47 Å². The fourth-order valence-electron chi connectivity index (χ4n) is 2.89. The first-order chi connectivity index (χ1) is 10.8. The van der Waals surface area contributed by atoms with E-state index in [1.807, 2.05) is 44.0 Å². The van der Waals surface area contributed by atoms with E-state index >= 15 is 0 Å². The molecule has 2 atom stereocenters. The van der Waals surface area contributed by atoms with E-state index in [1.54, 1.807) is 0 Å². The maximum Gasteiger partial charge on any atom is 0.410 e. The fraction of sp³-hybridized carbons (Fsp3) is 0.722. The van der Waals surface area contributed by atoms with Crippen LogP contribution in [0.5, 0.6) is 0 Å². The molecule has 1 aromatic heterocycles. The molecule has 1 fully saturated rings. The topological polar surface area (TPSA) is 54.6 Å². The molecule has 0 aromatic carbocycles. The van der Waals surface area contributed by atoms with Crippen molar-refractivity contribution < 1.29 is 14.3 Å². The number of rotatable bonds is 5. The second-order valence-corrected chi connectivity index (χ2v) is 7.36. The van der Waals surface area contributed by atoms with Crippen LogP contribution in [0.1, 0.15) is 58.8 Å². The van der Waals surface area contributed by atoms with Crippen molar-refractivity contribution in [3.63, 3.8) is 0 Å². The SMILES string of the molecule is C[C@H](OCC[C@@H]1CCCN(C(=O)OC(C)(C)C)C1)c1ccc[nH]1. The van der Waals surface area contributed by atoms with E-state index < -0.39 is 5.60 Å². The lowest BCUT2D eigenvalue weighted by molar-refractivity contribution is 0.0104. The number of hydrogen-bond donors (Lipinski definition) is 1. The van der Waals surface area contributed by atoms with E-state index in [-0.39, 0.29) is 12.2 Å². The number of nitrogens with one attached hydrogen (secondary N) is 1. The van der Waals surface area contributed by atoms with Gasteiger partial charge in [0.15, 0.2) is 0 Å². The maximum absolute atomic E-state index is 12.2. The van der Waals surface area contributed by atoms with Gasteiger partial charge in [-0.25, -0.2) is 4.79 Å². The van der Waals surface area contributed by atoms with Gasteiger partial charge in [-0.2, -0.15) is 0 Å². The molecule has 2 heterocycles. The zero-order valence-corrected chi connectivity index (χ0v) is 14.8. The molecule has 0 radical (unpaired) electrons. The van der Waals surface area contributed by atoms with Gasteiger partial charge >= 0.3 is 6.09 Å². The number of ether oxygens (including phenoxy) is 2. The standard InChI is InChI=1S/C18H30N2O3/c1-14(16-8-5-10-19-16)22-12-9-15-7-6-11-20(13-15)17(21)23-18(2,3)4/h5,8,10,14-15,19H,6-7,9,11-13H2,1-4H3/t14-,15-/m0/s1. The summed E-state index contributed by atoms with van der Waals surface area (Å²) >= 11 is 0. The maximum atomic E-state index is 12.2. The molecule has 1 aliphatic heterocycles. The summed E-state index contributed by atoms with van der Waals surface area (Å²) < 4.78 is 11.4. The minimum absolute atomic E-state index is 0.0792. The minimum atomic E-state index is -0.432. The van der Waals surface area contributed by atoms with E-state index in [1.165, 1.54) is 0 Å². The number of aromatic amines is 1. The van der Waals surface area contributed by atoms with Crippen molar-refractivity contribution in [2.45, 2.75) is 58.7 Å². The lowest BCUT2D eigenvalue weighted by atomic mass is 9.95. The Bertz CT molecular complexity index is 479. The van der Waals surface area contributed by atoms with Crippen molar-refractivity contribution in [1.29, 1.82) is 0 Å². The predicted octanol–water partition coefficient (Wildman–Crippen LogP) is 4.13. The molecule has 5 nitrogen and oxygen atoms in total. The van der Waals surface area contributed by atoms with Gasteiger partial charge in [0.2, 0.25) is 0 Å². The zero-order valence-electron chi connectivity index (χ0n) is 14.8. The van der Waals surface area contributed by atoms with Gasteiger partial charge in [0.1, 0.15) is 5.60 Å². The number of carbonyl (C=O) groups is 1. The molecule has 5 heteroatoms. The van der Waals surface area contributed by atoms with Crippen molar-refractivity contribution in [2.24, 2.45) is 5.92 Å². The van der Waals surface area contributed by atoms with E-state index in [2.05, 4.69) is 11.9 Å². The Morgan fingerprint density at radius 1 is 1.48 bits per heavy atom. The smallest absolute Gasteiger partial charge is 0.410 e. The summed E-state index contributed by atoms with van der Waals surface area (Å²) in [4.78, 5) is 17.2. The Morgan fingerprint density at radius 2 is 2.26 bits per heavy atom. The van der Waals surface area contributed by atoms with E-state index in [0.29, 0.717) is 12.5 Å². The molecule has 1 amide bonds. The molecule has 0 spiro atoms. The van der Waals surface area contributed by atoms with Gasteiger partial charge in [0.05, 0.1) is 6.10 Å². The summed E-state index contributed by atoms with van der Waals surface area (Å²) in [5.41, 5.74) is 0.669. The molecule has 1 aliphatic rings. The second-order valence-electron chi connectivity index (χ2n) is 7.36. The Balaban J connectivity index is 1.72. The quantitative estimate of drug-likeness (QED) is 0.887. The zero-order chi connectivity index (χ0) is 16.9. The Morgan fingerprint density at radius 3 is 2.91 bits per heavy atom. The number of H-pyrrole nitrogens is 1. The van der Waals surface area contributed by atoms with E-state index in [0.717, 1.165) is 38.0 Å². The Labute approximate surface area is 139 Å². The van der Waals surface area contributed by atoms with Crippen molar-refractivity contribution >= 4 is 6.09 Å². The number of hydrogen-bond acceptors (Lipinski definition) is 3. The average molecular weight is 322 g/mol. The van der Waals surface area contributed by atoms with E-state index in [4.69, 9.17) is 9.47 Å². The fourth-order valence-corrected chi connectivity index (χ4v) is 2.89. The lowest BCUT2D eigenvalue weighted by Crippen LogP contribution is -2.43.